The number of H-pyrrole nitrogens is 1. The maximum Gasteiger partial charge on any atom is 0.324 e. The molecular weight excluding hydrogens is 294 g/mol. The molecular formula is C14H12F2N4O2. The SMILES string of the molecule is CC(C)Oc1n[nH]c2nc(Oc3ccc(F)cc3F)ncc12. The van der Waals surface area contributed by atoms with E-state index in [1.807, 2.05) is 13.8 Å². The van der Waals surface area contributed by atoms with E-state index in [1.165, 1.54) is 12.3 Å². The molecule has 22 heavy (non-hydrogen) atoms. The zero-order valence-corrected chi connectivity index (χ0v) is 11.8. The van der Waals surface area contributed by atoms with Gasteiger partial charge in [0.2, 0.25) is 5.88 Å². The third-order valence-electron chi connectivity index (χ3n) is 2.70. The summed E-state index contributed by atoms with van der Waals surface area (Å²) in [5.41, 5.74) is 0.392. The van der Waals surface area contributed by atoms with E-state index in [9.17, 15) is 8.78 Å². The number of aromatic nitrogens is 4. The zero-order valence-electron chi connectivity index (χ0n) is 11.8. The molecule has 8 heteroatoms. The summed E-state index contributed by atoms with van der Waals surface area (Å²) in [7, 11) is 0. The molecule has 0 aliphatic rings. The summed E-state index contributed by atoms with van der Waals surface area (Å²) in [6, 6.07) is 2.89. The fourth-order valence-corrected chi connectivity index (χ4v) is 1.79. The molecule has 0 aliphatic heterocycles. The van der Waals surface area contributed by atoms with Crippen LogP contribution in [0.1, 0.15) is 13.8 Å². The minimum Gasteiger partial charge on any atom is -0.473 e. The van der Waals surface area contributed by atoms with Gasteiger partial charge in [0.15, 0.2) is 17.2 Å². The van der Waals surface area contributed by atoms with Gasteiger partial charge in [0, 0.05) is 12.3 Å². The molecule has 0 spiro atoms. The van der Waals surface area contributed by atoms with E-state index in [-0.39, 0.29) is 17.9 Å². The van der Waals surface area contributed by atoms with Crippen molar-refractivity contribution in [2.24, 2.45) is 0 Å². The Labute approximate surface area is 124 Å². The summed E-state index contributed by atoms with van der Waals surface area (Å²) >= 11 is 0. The summed E-state index contributed by atoms with van der Waals surface area (Å²) in [5, 5.41) is 7.25. The van der Waals surface area contributed by atoms with Gasteiger partial charge in [-0.15, -0.1) is 5.10 Å². The van der Waals surface area contributed by atoms with Gasteiger partial charge in [-0.3, -0.25) is 5.10 Å². The van der Waals surface area contributed by atoms with E-state index in [0.717, 1.165) is 12.1 Å². The maximum atomic E-state index is 13.5. The minimum absolute atomic E-state index is 0.0456. The number of aromatic amines is 1. The molecule has 2 heterocycles. The molecule has 0 bridgehead atoms. The Morgan fingerprint density at radius 2 is 2.05 bits per heavy atom. The van der Waals surface area contributed by atoms with Crippen LogP contribution in [-0.4, -0.2) is 26.3 Å². The van der Waals surface area contributed by atoms with Gasteiger partial charge in [-0.1, -0.05) is 0 Å². The van der Waals surface area contributed by atoms with Crippen molar-refractivity contribution in [3.8, 4) is 17.6 Å². The van der Waals surface area contributed by atoms with Crippen LogP contribution in [-0.2, 0) is 0 Å². The maximum absolute atomic E-state index is 13.5. The van der Waals surface area contributed by atoms with E-state index in [0.29, 0.717) is 16.9 Å². The predicted molar refractivity (Wildman–Crippen MR) is 73.9 cm³/mol. The van der Waals surface area contributed by atoms with Crippen LogP contribution in [0.4, 0.5) is 8.78 Å². The van der Waals surface area contributed by atoms with Crippen molar-refractivity contribution in [2.45, 2.75) is 20.0 Å². The van der Waals surface area contributed by atoms with Gasteiger partial charge in [0.1, 0.15) is 11.2 Å². The summed E-state index contributed by atoms with van der Waals surface area (Å²) in [5.74, 6) is -1.31. The first-order valence-electron chi connectivity index (χ1n) is 6.53. The molecule has 2 aromatic heterocycles. The lowest BCUT2D eigenvalue weighted by molar-refractivity contribution is 0.235. The van der Waals surface area contributed by atoms with E-state index >= 15 is 0 Å². The molecule has 3 rings (SSSR count). The van der Waals surface area contributed by atoms with Crippen molar-refractivity contribution in [3.63, 3.8) is 0 Å². The lowest BCUT2D eigenvalue weighted by atomic mass is 10.3. The van der Waals surface area contributed by atoms with Gasteiger partial charge in [-0.2, -0.15) is 4.98 Å². The molecule has 0 amide bonds. The van der Waals surface area contributed by atoms with Crippen LogP contribution < -0.4 is 9.47 Å². The van der Waals surface area contributed by atoms with Crippen molar-refractivity contribution < 1.29 is 18.3 Å². The Hall–Kier alpha value is -2.77. The van der Waals surface area contributed by atoms with Gasteiger partial charge < -0.3 is 9.47 Å². The molecule has 0 saturated carbocycles. The summed E-state index contributed by atoms with van der Waals surface area (Å²) < 4.78 is 37.1. The van der Waals surface area contributed by atoms with Gasteiger partial charge in [0.05, 0.1) is 6.10 Å². The molecule has 6 nitrogen and oxygen atoms in total. The molecule has 0 fully saturated rings. The highest BCUT2D eigenvalue weighted by molar-refractivity contribution is 5.79. The standard InChI is InChI=1S/C14H12F2N4O2/c1-7(2)21-13-9-6-17-14(18-12(9)19-20-13)22-11-4-3-8(15)5-10(11)16/h3-7H,1-2H3,(H,17,18,19,20). The average molecular weight is 306 g/mol. The molecule has 114 valence electrons. The lowest BCUT2D eigenvalue weighted by Crippen LogP contribution is -2.05. The summed E-state index contributed by atoms with van der Waals surface area (Å²) in [4.78, 5) is 8.04. The molecule has 0 saturated heterocycles. The lowest BCUT2D eigenvalue weighted by Gasteiger charge is -2.06. The largest absolute Gasteiger partial charge is 0.473 e. The fourth-order valence-electron chi connectivity index (χ4n) is 1.79. The van der Waals surface area contributed by atoms with Crippen molar-refractivity contribution in [2.75, 3.05) is 0 Å². The number of hydrogen-bond donors (Lipinski definition) is 1. The van der Waals surface area contributed by atoms with E-state index in [2.05, 4.69) is 20.2 Å². The van der Waals surface area contributed by atoms with E-state index in [1.54, 1.807) is 0 Å². The van der Waals surface area contributed by atoms with Crippen molar-refractivity contribution >= 4 is 11.0 Å². The summed E-state index contributed by atoms with van der Waals surface area (Å²) in [6.07, 6.45) is 1.41. The Balaban J connectivity index is 1.89. The van der Waals surface area contributed by atoms with Crippen molar-refractivity contribution in [1.29, 1.82) is 0 Å². The third kappa shape index (κ3) is 2.80. The van der Waals surface area contributed by atoms with Crippen LogP contribution >= 0.6 is 0 Å². The number of fused-ring (bicyclic) bond motifs is 1. The Bertz CT molecular complexity index is 820. The van der Waals surface area contributed by atoms with Gasteiger partial charge in [-0.05, 0) is 26.0 Å². The first-order valence-corrected chi connectivity index (χ1v) is 6.53. The number of nitrogens with zero attached hydrogens (tertiary/aromatic N) is 3. The smallest absolute Gasteiger partial charge is 0.324 e. The zero-order chi connectivity index (χ0) is 15.7. The van der Waals surface area contributed by atoms with Crippen LogP contribution in [0.2, 0.25) is 0 Å². The normalized spacial score (nSPS) is 11.1. The molecule has 0 radical (unpaired) electrons. The second kappa shape index (κ2) is 5.55. The van der Waals surface area contributed by atoms with Crippen molar-refractivity contribution in [3.05, 3.63) is 36.0 Å². The van der Waals surface area contributed by atoms with Gasteiger partial charge in [0.25, 0.3) is 0 Å². The number of hydrogen-bond acceptors (Lipinski definition) is 5. The minimum atomic E-state index is -0.836. The van der Waals surface area contributed by atoms with Crippen LogP contribution in [0.15, 0.2) is 24.4 Å². The van der Waals surface area contributed by atoms with Crippen LogP contribution in [0, 0.1) is 11.6 Å². The van der Waals surface area contributed by atoms with Crippen LogP contribution in [0.25, 0.3) is 11.0 Å². The molecule has 1 aromatic carbocycles. The first-order chi connectivity index (χ1) is 10.5. The number of nitrogens with one attached hydrogen (secondary N) is 1. The first kappa shape index (κ1) is 14.2. The molecule has 1 N–H and O–H groups in total. The molecule has 3 aromatic rings. The third-order valence-corrected chi connectivity index (χ3v) is 2.70. The monoisotopic (exact) mass is 306 g/mol. The molecule has 0 atom stereocenters. The van der Waals surface area contributed by atoms with E-state index in [4.69, 9.17) is 9.47 Å². The number of benzene rings is 1. The van der Waals surface area contributed by atoms with Crippen molar-refractivity contribution in [1.82, 2.24) is 20.2 Å². The Morgan fingerprint density at radius 1 is 1.23 bits per heavy atom. The highest BCUT2D eigenvalue weighted by Crippen LogP contribution is 2.26. The fraction of sp³-hybridized carbons (Fsp3) is 0.214. The quantitative estimate of drug-likeness (QED) is 0.801. The second-order valence-corrected chi connectivity index (χ2v) is 4.79. The predicted octanol–water partition coefficient (Wildman–Crippen LogP) is 3.21. The number of ether oxygens (including phenoxy) is 2. The Kier molecular flexibility index (Phi) is 3.58. The summed E-state index contributed by atoms with van der Waals surface area (Å²) in [6.45, 7) is 3.74. The highest BCUT2D eigenvalue weighted by Gasteiger charge is 2.13. The Morgan fingerprint density at radius 3 is 2.77 bits per heavy atom. The topological polar surface area (TPSA) is 72.9 Å². The average Bonchev–Trinajstić information content (AvgIpc) is 2.84. The molecule has 0 unspecified atom stereocenters. The van der Waals surface area contributed by atoms with E-state index < -0.39 is 11.6 Å². The van der Waals surface area contributed by atoms with Crippen LogP contribution in [0.5, 0.6) is 17.6 Å². The van der Waals surface area contributed by atoms with Crippen LogP contribution in [0.3, 0.4) is 0 Å². The highest BCUT2D eigenvalue weighted by atomic mass is 19.1. The van der Waals surface area contributed by atoms with Gasteiger partial charge >= 0.3 is 6.01 Å². The number of halogens is 2. The molecule has 0 aliphatic carbocycles. The van der Waals surface area contributed by atoms with Gasteiger partial charge in [-0.25, -0.2) is 13.8 Å². The second-order valence-electron chi connectivity index (χ2n) is 4.79. The number of rotatable bonds is 4.